The molecule has 90 valence electrons. The molecule has 0 saturated carbocycles. The number of aryl methyl sites for hydroxylation is 1. The lowest BCUT2D eigenvalue weighted by atomic mass is 10.4. The molecule has 5 nitrogen and oxygen atoms in total. The monoisotopic (exact) mass is 250 g/mol. The maximum Gasteiger partial charge on any atom is 0.0664 e. The first-order valence-electron chi connectivity index (χ1n) is 5.30. The Kier molecular flexibility index (Phi) is 3.53. The van der Waals surface area contributed by atoms with Crippen LogP contribution in [0.15, 0.2) is 35.7 Å². The van der Waals surface area contributed by atoms with Gasteiger partial charge in [0.2, 0.25) is 0 Å². The molecule has 2 aromatic rings. The van der Waals surface area contributed by atoms with Crippen LogP contribution in [-0.4, -0.2) is 19.0 Å². The smallest absolute Gasteiger partial charge is 0.0664 e. The highest BCUT2D eigenvalue weighted by Crippen LogP contribution is 2.17. The highest BCUT2D eigenvalue weighted by molar-refractivity contribution is 7.84. The van der Waals surface area contributed by atoms with E-state index in [0.717, 1.165) is 12.1 Å². The highest BCUT2D eigenvalue weighted by Gasteiger charge is 2.09. The van der Waals surface area contributed by atoms with E-state index in [-0.39, 0.29) is 0 Å². The van der Waals surface area contributed by atoms with Crippen LogP contribution < -0.4 is 5.73 Å². The first-order valence-corrected chi connectivity index (χ1v) is 6.61. The zero-order valence-corrected chi connectivity index (χ0v) is 10.4. The predicted molar refractivity (Wildman–Crippen MR) is 66.7 cm³/mol. The van der Waals surface area contributed by atoms with Gasteiger partial charge in [-0.05, 0) is 13.0 Å². The fourth-order valence-electron chi connectivity index (χ4n) is 1.48. The van der Waals surface area contributed by atoms with E-state index in [1.165, 1.54) is 6.20 Å². The van der Waals surface area contributed by atoms with Gasteiger partial charge in [0.25, 0.3) is 0 Å². The predicted octanol–water partition coefficient (Wildman–Crippen LogP) is 1.19. The van der Waals surface area contributed by atoms with E-state index < -0.39 is 10.8 Å². The normalized spacial score (nSPS) is 12.5. The lowest BCUT2D eigenvalue weighted by Crippen LogP contribution is -2.01. The Balaban J connectivity index is 2.14. The van der Waals surface area contributed by atoms with E-state index >= 15 is 0 Å². The van der Waals surface area contributed by atoms with Gasteiger partial charge in [0.1, 0.15) is 0 Å². The summed E-state index contributed by atoms with van der Waals surface area (Å²) in [4.78, 5) is 4.50. The van der Waals surface area contributed by atoms with Gasteiger partial charge in [-0.3, -0.25) is 13.9 Å². The van der Waals surface area contributed by atoms with Gasteiger partial charge in [0, 0.05) is 24.5 Å². The number of aromatic nitrogens is 3. The molecule has 0 amide bonds. The Bertz CT molecular complexity index is 538. The van der Waals surface area contributed by atoms with Gasteiger partial charge in [-0.2, -0.15) is 5.10 Å². The van der Waals surface area contributed by atoms with Crippen molar-refractivity contribution in [2.75, 3.05) is 5.73 Å². The SMILES string of the molecule is CCn1cc(CS(=O)c2ccncc2N)cn1. The minimum atomic E-state index is -1.15. The summed E-state index contributed by atoms with van der Waals surface area (Å²) in [5.74, 6) is 0.425. The number of hydrogen-bond donors (Lipinski definition) is 1. The second-order valence-corrected chi connectivity index (χ2v) is 5.03. The number of hydrogen-bond acceptors (Lipinski definition) is 4. The first kappa shape index (κ1) is 11.8. The third-order valence-corrected chi connectivity index (χ3v) is 3.82. The zero-order valence-electron chi connectivity index (χ0n) is 9.54. The topological polar surface area (TPSA) is 73.8 Å². The lowest BCUT2D eigenvalue weighted by molar-refractivity contribution is 0.659. The minimum absolute atomic E-state index is 0.425. The zero-order chi connectivity index (χ0) is 12.3. The van der Waals surface area contributed by atoms with Crippen LogP contribution in [0.4, 0.5) is 5.69 Å². The molecule has 2 rings (SSSR count). The molecule has 0 spiro atoms. The molecule has 2 aromatic heterocycles. The Labute approximate surface area is 102 Å². The van der Waals surface area contributed by atoms with E-state index in [0.29, 0.717) is 16.3 Å². The summed E-state index contributed by atoms with van der Waals surface area (Å²) in [6.45, 7) is 2.82. The molecule has 0 aliphatic rings. The Hall–Kier alpha value is -1.69. The summed E-state index contributed by atoms with van der Waals surface area (Å²) in [6, 6.07) is 1.69. The van der Waals surface area contributed by atoms with E-state index in [1.807, 2.05) is 17.8 Å². The third-order valence-electron chi connectivity index (χ3n) is 2.36. The second-order valence-electron chi connectivity index (χ2n) is 3.61. The Morgan fingerprint density at radius 1 is 1.47 bits per heavy atom. The molecule has 2 heterocycles. The largest absolute Gasteiger partial charge is 0.396 e. The minimum Gasteiger partial charge on any atom is -0.396 e. The van der Waals surface area contributed by atoms with Gasteiger partial charge in [-0.15, -0.1) is 0 Å². The molecule has 17 heavy (non-hydrogen) atoms. The summed E-state index contributed by atoms with van der Waals surface area (Å²) in [5, 5.41) is 4.14. The molecule has 0 radical (unpaired) electrons. The molecule has 0 saturated heterocycles. The summed E-state index contributed by atoms with van der Waals surface area (Å²) in [7, 11) is -1.15. The Morgan fingerprint density at radius 2 is 2.29 bits per heavy atom. The number of rotatable bonds is 4. The summed E-state index contributed by atoms with van der Waals surface area (Å²) in [6.07, 6.45) is 6.75. The van der Waals surface area contributed by atoms with Crippen molar-refractivity contribution >= 4 is 16.5 Å². The van der Waals surface area contributed by atoms with Crippen molar-refractivity contribution in [3.63, 3.8) is 0 Å². The van der Waals surface area contributed by atoms with Crippen LogP contribution in [-0.2, 0) is 23.1 Å². The molecular weight excluding hydrogens is 236 g/mol. The molecule has 0 aliphatic heterocycles. The fraction of sp³-hybridized carbons (Fsp3) is 0.273. The Morgan fingerprint density at radius 3 is 2.94 bits per heavy atom. The van der Waals surface area contributed by atoms with Crippen LogP contribution in [0.5, 0.6) is 0 Å². The maximum absolute atomic E-state index is 12.1. The second kappa shape index (κ2) is 5.09. The van der Waals surface area contributed by atoms with Crippen molar-refractivity contribution < 1.29 is 4.21 Å². The van der Waals surface area contributed by atoms with Crippen LogP contribution in [0, 0.1) is 0 Å². The fourth-order valence-corrected chi connectivity index (χ4v) is 2.62. The molecule has 0 aromatic carbocycles. The van der Waals surface area contributed by atoms with Crippen molar-refractivity contribution in [3.05, 3.63) is 36.4 Å². The van der Waals surface area contributed by atoms with Gasteiger partial charge in [-0.25, -0.2) is 0 Å². The molecule has 0 fully saturated rings. The summed E-state index contributed by atoms with van der Waals surface area (Å²) in [5.41, 5.74) is 7.14. The number of nitrogen functional groups attached to an aromatic ring is 1. The van der Waals surface area contributed by atoms with Crippen molar-refractivity contribution in [1.82, 2.24) is 14.8 Å². The molecule has 1 unspecified atom stereocenters. The number of nitrogens with two attached hydrogens (primary N) is 1. The molecule has 0 aliphatic carbocycles. The van der Waals surface area contributed by atoms with Crippen LogP contribution >= 0.6 is 0 Å². The lowest BCUT2D eigenvalue weighted by Gasteiger charge is -2.03. The number of pyridine rings is 1. The van der Waals surface area contributed by atoms with E-state index in [9.17, 15) is 4.21 Å². The van der Waals surface area contributed by atoms with Crippen LogP contribution in [0.2, 0.25) is 0 Å². The van der Waals surface area contributed by atoms with Crippen molar-refractivity contribution in [2.24, 2.45) is 0 Å². The first-order chi connectivity index (χ1) is 8.20. The van der Waals surface area contributed by atoms with Crippen LogP contribution in [0.1, 0.15) is 12.5 Å². The molecular formula is C11H14N4OS. The standard InChI is InChI=1S/C11H14N4OS/c1-2-15-7-9(5-14-15)8-17(16)11-3-4-13-6-10(11)12/h3-7H,2,8,12H2,1H3. The van der Waals surface area contributed by atoms with E-state index in [1.54, 1.807) is 18.5 Å². The van der Waals surface area contributed by atoms with E-state index in [2.05, 4.69) is 10.1 Å². The third kappa shape index (κ3) is 2.71. The van der Waals surface area contributed by atoms with Crippen molar-refractivity contribution in [2.45, 2.75) is 24.1 Å². The van der Waals surface area contributed by atoms with Gasteiger partial charge >= 0.3 is 0 Å². The van der Waals surface area contributed by atoms with Crippen molar-refractivity contribution in [3.8, 4) is 0 Å². The van der Waals surface area contributed by atoms with Crippen LogP contribution in [0.3, 0.4) is 0 Å². The van der Waals surface area contributed by atoms with Gasteiger partial charge in [-0.1, -0.05) is 0 Å². The molecule has 1 atom stereocenters. The number of anilines is 1. The highest BCUT2D eigenvalue weighted by atomic mass is 32.2. The van der Waals surface area contributed by atoms with Gasteiger partial charge in [0.15, 0.2) is 0 Å². The quantitative estimate of drug-likeness (QED) is 0.884. The van der Waals surface area contributed by atoms with E-state index in [4.69, 9.17) is 5.73 Å². The number of nitrogens with zero attached hydrogens (tertiary/aromatic N) is 3. The maximum atomic E-state index is 12.1. The molecule has 2 N–H and O–H groups in total. The van der Waals surface area contributed by atoms with Crippen LogP contribution in [0.25, 0.3) is 0 Å². The summed E-state index contributed by atoms with van der Waals surface area (Å²) >= 11 is 0. The van der Waals surface area contributed by atoms with Gasteiger partial charge in [0.05, 0.1) is 39.5 Å². The molecule has 0 bridgehead atoms. The average Bonchev–Trinajstić information content (AvgIpc) is 2.77. The molecule has 6 heteroatoms. The summed E-state index contributed by atoms with van der Waals surface area (Å²) < 4.78 is 13.9. The average molecular weight is 250 g/mol. The van der Waals surface area contributed by atoms with Gasteiger partial charge < -0.3 is 5.73 Å². The van der Waals surface area contributed by atoms with Crippen molar-refractivity contribution in [1.29, 1.82) is 0 Å².